The third kappa shape index (κ3) is 3.79. The molecule has 2 aromatic rings. The third-order valence-corrected chi connectivity index (χ3v) is 5.04. The lowest BCUT2D eigenvalue weighted by Gasteiger charge is -2.18. The van der Waals surface area contributed by atoms with Crippen LogP contribution in [0.25, 0.3) is 0 Å². The van der Waals surface area contributed by atoms with Gasteiger partial charge >= 0.3 is 5.97 Å². The summed E-state index contributed by atoms with van der Waals surface area (Å²) in [6.45, 7) is 5.27. The Morgan fingerprint density at radius 3 is 1.85 bits per heavy atom. The van der Waals surface area contributed by atoms with Crippen LogP contribution >= 0.6 is 7.92 Å². The summed E-state index contributed by atoms with van der Waals surface area (Å²) in [5.74, 6) is -0.329. The molecule has 2 nitrogen and oxygen atoms in total. The number of rotatable bonds is 5. The fraction of sp³-hybridized carbons (Fsp3) is 0.118. The van der Waals surface area contributed by atoms with Gasteiger partial charge in [-0.15, -0.1) is 0 Å². The Morgan fingerprint density at radius 2 is 1.45 bits per heavy atom. The van der Waals surface area contributed by atoms with Gasteiger partial charge in [-0.3, -0.25) is 0 Å². The Balaban J connectivity index is 2.22. The highest BCUT2D eigenvalue weighted by Gasteiger charge is 2.16. The molecule has 102 valence electrons. The number of ether oxygens (including phenoxy) is 1. The first-order valence-electron chi connectivity index (χ1n) is 6.39. The lowest BCUT2D eigenvalue weighted by molar-refractivity contribution is -0.136. The molecule has 0 unspecified atom stereocenters. The molecule has 2 aromatic carbocycles. The lowest BCUT2D eigenvalue weighted by Crippen LogP contribution is -2.17. The highest BCUT2D eigenvalue weighted by atomic mass is 31.1. The van der Waals surface area contributed by atoms with Gasteiger partial charge < -0.3 is 4.74 Å². The van der Waals surface area contributed by atoms with Crippen molar-refractivity contribution in [2.45, 2.75) is 6.92 Å². The van der Waals surface area contributed by atoms with E-state index in [0.717, 1.165) is 0 Å². The minimum absolute atomic E-state index is 0.329. The normalized spacial score (nSPS) is 10.3. The van der Waals surface area contributed by atoms with E-state index in [4.69, 9.17) is 4.74 Å². The molecule has 0 saturated carbocycles. The van der Waals surface area contributed by atoms with Gasteiger partial charge in [0.05, 0.1) is 0 Å². The van der Waals surface area contributed by atoms with Crippen molar-refractivity contribution >= 4 is 24.5 Å². The van der Waals surface area contributed by atoms with E-state index in [2.05, 4.69) is 30.8 Å². The molecule has 3 heteroatoms. The average Bonchev–Trinajstić information content (AvgIpc) is 2.49. The number of hydrogen-bond acceptors (Lipinski definition) is 2. The van der Waals surface area contributed by atoms with Crippen LogP contribution in [0.15, 0.2) is 72.8 Å². The van der Waals surface area contributed by atoms with E-state index in [1.807, 2.05) is 36.4 Å². The first-order valence-corrected chi connectivity index (χ1v) is 7.91. The Hall–Kier alpha value is -1.92. The maximum atomic E-state index is 11.6. The lowest BCUT2D eigenvalue weighted by atomic mass is 10.4. The van der Waals surface area contributed by atoms with Crippen LogP contribution in [-0.4, -0.2) is 12.3 Å². The first kappa shape index (κ1) is 14.5. The highest BCUT2D eigenvalue weighted by Crippen LogP contribution is 2.33. The molecule has 0 fully saturated rings. The third-order valence-electron chi connectivity index (χ3n) is 2.81. The van der Waals surface area contributed by atoms with Crippen molar-refractivity contribution in [1.29, 1.82) is 0 Å². The summed E-state index contributed by atoms with van der Waals surface area (Å²) in [5.41, 5.74) is 0.432. The zero-order valence-electron chi connectivity index (χ0n) is 11.5. The smallest absolute Gasteiger partial charge is 0.333 e. The number of esters is 1. The molecule has 0 radical (unpaired) electrons. The van der Waals surface area contributed by atoms with Gasteiger partial charge in [0.1, 0.15) is 6.35 Å². The molecular formula is C17H17O2P. The first-order chi connectivity index (χ1) is 9.68. The van der Waals surface area contributed by atoms with Crippen molar-refractivity contribution in [2.24, 2.45) is 0 Å². The molecule has 0 saturated heterocycles. The average molecular weight is 284 g/mol. The zero-order chi connectivity index (χ0) is 14.4. The Bertz CT molecular complexity index is 539. The van der Waals surface area contributed by atoms with Crippen molar-refractivity contribution in [1.82, 2.24) is 0 Å². The van der Waals surface area contributed by atoms with Crippen LogP contribution in [0.1, 0.15) is 6.92 Å². The van der Waals surface area contributed by atoms with E-state index in [1.54, 1.807) is 6.92 Å². The van der Waals surface area contributed by atoms with Gasteiger partial charge in [-0.05, 0) is 25.5 Å². The predicted molar refractivity (Wildman–Crippen MR) is 84.8 cm³/mol. The topological polar surface area (TPSA) is 26.3 Å². The predicted octanol–water partition coefficient (Wildman–Crippen LogP) is 3.20. The van der Waals surface area contributed by atoms with Gasteiger partial charge in [-0.2, -0.15) is 0 Å². The molecule has 0 aromatic heterocycles. The molecule has 0 N–H and O–H groups in total. The zero-order valence-corrected chi connectivity index (χ0v) is 12.3. The Labute approximate surface area is 120 Å². The standard InChI is InChI=1S/C17H17O2P/c1-14(2)17(18)19-13-20(15-9-5-3-6-10-15)16-11-7-4-8-12-16/h3-12H,1,13H2,2H3. The molecule has 0 atom stereocenters. The summed E-state index contributed by atoms with van der Waals surface area (Å²) in [6, 6.07) is 20.3. The molecule has 0 spiro atoms. The largest absolute Gasteiger partial charge is 0.457 e. The van der Waals surface area contributed by atoms with E-state index in [9.17, 15) is 4.79 Å². The van der Waals surface area contributed by atoms with E-state index in [1.165, 1.54) is 10.6 Å². The molecule has 0 heterocycles. The fourth-order valence-electron chi connectivity index (χ4n) is 1.76. The summed E-state index contributed by atoms with van der Waals surface area (Å²) in [5, 5.41) is 2.39. The van der Waals surface area contributed by atoms with Crippen molar-refractivity contribution in [3.05, 3.63) is 72.8 Å². The van der Waals surface area contributed by atoms with Gasteiger partial charge in [-0.25, -0.2) is 4.79 Å². The number of hydrogen-bond donors (Lipinski definition) is 0. The summed E-state index contributed by atoms with van der Waals surface area (Å²) in [4.78, 5) is 11.6. The van der Waals surface area contributed by atoms with Gasteiger partial charge in [-0.1, -0.05) is 67.2 Å². The summed E-state index contributed by atoms with van der Waals surface area (Å²) in [7, 11) is -0.692. The van der Waals surface area contributed by atoms with Gasteiger partial charge in [0, 0.05) is 5.57 Å². The quantitative estimate of drug-likeness (QED) is 0.479. The molecule has 0 aliphatic carbocycles. The summed E-state index contributed by atoms with van der Waals surface area (Å²) < 4.78 is 5.36. The molecule has 20 heavy (non-hydrogen) atoms. The summed E-state index contributed by atoms with van der Waals surface area (Å²) >= 11 is 0. The monoisotopic (exact) mass is 284 g/mol. The number of carbonyl (C=O) groups excluding carboxylic acids is 1. The van der Waals surface area contributed by atoms with Gasteiger partial charge in [0.15, 0.2) is 0 Å². The van der Waals surface area contributed by atoms with Crippen molar-refractivity contribution < 1.29 is 9.53 Å². The Morgan fingerprint density at radius 1 is 1.00 bits per heavy atom. The molecule has 0 aliphatic heterocycles. The molecule has 0 bridgehead atoms. The molecular weight excluding hydrogens is 267 g/mol. The second-order valence-corrected chi connectivity index (χ2v) is 6.59. The van der Waals surface area contributed by atoms with Gasteiger partial charge in [0.25, 0.3) is 0 Å². The van der Waals surface area contributed by atoms with Crippen LogP contribution < -0.4 is 10.6 Å². The van der Waals surface area contributed by atoms with E-state index >= 15 is 0 Å². The van der Waals surface area contributed by atoms with E-state index in [0.29, 0.717) is 11.9 Å². The Kier molecular flexibility index (Phi) is 5.09. The van der Waals surface area contributed by atoms with Crippen LogP contribution in [-0.2, 0) is 9.53 Å². The molecule has 0 amide bonds. The van der Waals surface area contributed by atoms with Crippen LogP contribution in [0.5, 0.6) is 0 Å². The van der Waals surface area contributed by atoms with Crippen LogP contribution in [0.2, 0.25) is 0 Å². The maximum absolute atomic E-state index is 11.6. The van der Waals surface area contributed by atoms with E-state index in [-0.39, 0.29) is 5.97 Å². The molecule has 2 rings (SSSR count). The van der Waals surface area contributed by atoms with Crippen LogP contribution in [0.3, 0.4) is 0 Å². The second kappa shape index (κ2) is 7.02. The van der Waals surface area contributed by atoms with Gasteiger partial charge in [0.2, 0.25) is 0 Å². The van der Waals surface area contributed by atoms with Crippen LogP contribution in [0.4, 0.5) is 0 Å². The minimum atomic E-state index is -0.692. The molecule has 0 aliphatic rings. The van der Waals surface area contributed by atoms with Crippen molar-refractivity contribution in [3.63, 3.8) is 0 Å². The van der Waals surface area contributed by atoms with Crippen molar-refractivity contribution in [2.75, 3.05) is 6.35 Å². The maximum Gasteiger partial charge on any atom is 0.333 e. The van der Waals surface area contributed by atoms with Crippen LogP contribution in [0, 0.1) is 0 Å². The van der Waals surface area contributed by atoms with Crippen molar-refractivity contribution in [3.8, 4) is 0 Å². The number of benzene rings is 2. The SMILES string of the molecule is C=C(C)C(=O)OCP(c1ccccc1)c1ccccc1. The second-order valence-electron chi connectivity index (χ2n) is 4.44. The summed E-state index contributed by atoms with van der Waals surface area (Å²) in [6.07, 6.45) is 0.384. The minimum Gasteiger partial charge on any atom is -0.457 e. The fourth-order valence-corrected chi connectivity index (χ4v) is 3.67. The number of carbonyl (C=O) groups is 1. The van der Waals surface area contributed by atoms with E-state index < -0.39 is 7.92 Å². The highest BCUT2D eigenvalue weighted by molar-refractivity contribution is 7.72.